The Morgan fingerprint density at radius 2 is 1.94 bits per heavy atom. The van der Waals surface area contributed by atoms with Crippen LogP contribution < -0.4 is 4.72 Å². The predicted molar refractivity (Wildman–Crippen MR) is 66.6 cm³/mol. The molecule has 0 aliphatic heterocycles. The van der Waals surface area contributed by atoms with Crippen LogP contribution in [0.15, 0.2) is 23.1 Å². The largest absolute Gasteiger partial charge is 0.281 e. The normalized spacial score (nSPS) is 11.5. The molecule has 0 saturated carbocycles. The molecule has 0 saturated heterocycles. The molecule has 0 radical (unpaired) electrons. The lowest BCUT2D eigenvalue weighted by atomic mass is 10.1. The molecule has 0 bridgehead atoms. The minimum atomic E-state index is -3.56. The van der Waals surface area contributed by atoms with E-state index < -0.39 is 15.3 Å². The topological polar surface area (TPSA) is 63.2 Å². The molecular weight excluding hydrogens is 262 g/mol. The zero-order valence-electron chi connectivity index (χ0n) is 9.66. The number of sulfonamides is 1. The fourth-order valence-electron chi connectivity index (χ4n) is 1.25. The summed E-state index contributed by atoms with van der Waals surface area (Å²) >= 11 is 5.12. The molecule has 1 aromatic carbocycles. The Hall–Kier alpha value is -0.910. The second kappa shape index (κ2) is 5.62. The summed E-state index contributed by atoms with van der Waals surface area (Å²) in [6, 6.07) is 4.88. The molecule has 0 fully saturated rings. The molecule has 0 aliphatic rings. The first-order valence-corrected chi connectivity index (χ1v) is 6.94. The van der Waals surface area contributed by atoms with E-state index in [0.29, 0.717) is 0 Å². The molecule has 94 valence electrons. The van der Waals surface area contributed by atoms with Gasteiger partial charge in [0, 0.05) is 13.0 Å². The summed E-state index contributed by atoms with van der Waals surface area (Å²) in [5.74, 6) is 0. The summed E-state index contributed by atoms with van der Waals surface area (Å²) < 4.78 is 25.9. The van der Waals surface area contributed by atoms with Gasteiger partial charge in [-0.15, -0.1) is 0 Å². The van der Waals surface area contributed by atoms with E-state index in [1.807, 2.05) is 13.8 Å². The third-order valence-corrected chi connectivity index (χ3v) is 4.05. The van der Waals surface area contributed by atoms with E-state index in [1.54, 1.807) is 12.1 Å². The Morgan fingerprint density at radius 1 is 1.29 bits per heavy atom. The van der Waals surface area contributed by atoms with Gasteiger partial charge in [0.25, 0.3) is 0 Å². The Kier molecular flexibility index (Phi) is 4.68. The molecule has 1 N–H and O–H groups in total. The molecule has 1 rings (SSSR count). The molecule has 0 unspecified atom stereocenters. The number of hydrogen-bond acceptors (Lipinski definition) is 3. The lowest BCUT2D eigenvalue weighted by Crippen LogP contribution is -2.25. The average molecular weight is 276 g/mol. The molecule has 17 heavy (non-hydrogen) atoms. The second-order valence-corrected chi connectivity index (χ2v) is 5.94. The lowest BCUT2D eigenvalue weighted by molar-refractivity contribution is -0.111. The fraction of sp³-hybridized carbons (Fsp3) is 0.364. The van der Waals surface area contributed by atoms with Crippen molar-refractivity contribution in [2.75, 3.05) is 6.54 Å². The standard InChI is InChI=1S/C11H14ClNO3S/c1-8-3-4-10(7-9(8)2)17(15,16)13-6-5-11(12)14/h3-4,7,13H,5-6H2,1-2H3. The summed E-state index contributed by atoms with van der Waals surface area (Å²) in [5, 5.41) is -0.562. The van der Waals surface area contributed by atoms with E-state index in [0.717, 1.165) is 11.1 Å². The van der Waals surface area contributed by atoms with Crippen LogP contribution >= 0.6 is 11.6 Å². The highest BCUT2D eigenvalue weighted by Gasteiger charge is 2.14. The number of aryl methyl sites for hydroxylation is 2. The van der Waals surface area contributed by atoms with Crippen molar-refractivity contribution in [1.82, 2.24) is 4.72 Å². The Balaban J connectivity index is 2.82. The average Bonchev–Trinajstić information content (AvgIpc) is 2.21. The summed E-state index contributed by atoms with van der Waals surface area (Å²) in [5.41, 5.74) is 1.93. The summed E-state index contributed by atoms with van der Waals surface area (Å²) in [7, 11) is -3.56. The number of carbonyl (C=O) groups excluding carboxylic acids is 1. The number of carbonyl (C=O) groups is 1. The fourth-order valence-corrected chi connectivity index (χ4v) is 2.46. The van der Waals surface area contributed by atoms with Crippen molar-refractivity contribution in [2.24, 2.45) is 0 Å². The van der Waals surface area contributed by atoms with E-state index in [1.165, 1.54) is 6.07 Å². The maximum atomic E-state index is 11.8. The first-order valence-electron chi connectivity index (χ1n) is 5.08. The van der Waals surface area contributed by atoms with Gasteiger partial charge in [0.1, 0.15) is 0 Å². The van der Waals surface area contributed by atoms with E-state index >= 15 is 0 Å². The minimum Gasteiger partial charge on any atom is -0.281 e. The van der Waals surface area contributed by atoms with Crippen molar-refractivity contribution in [2.45, 2.75) is 25.2 Å². The third-order valence-electron chi connectivity index (χ3n) is 2.40. The van der Waals surface area contributed by atoms with Gasteiger partial charge in [-0.25, -0.2) is 13.1 Å². The van der Waals surface area contributed by atoms with Gasteiger partial charge in [-0.1, -0.05) is 6.07 Å². The van der Waals surface area contributed by atoms with Gasteiger partial charge < -0.3 is 0 Å². The van der Waals surface area contributed by atoms with Crippen LogP contribution in [-0.4, -0.2) is 20.2 Å². The summed E-state index contributed by atoms with van der Waals surface area (Å²) in [6.45, 7) is 3.76. The Bertz CT molecular complexity index is 526. The molecule has 6 heteroatoms. The first kappa shape index (κ1) is 14.2. The van der Waals surface area contributed by atoms with Gasteiger partial charge in [0.05, 0.1) is 4.90 Å². The molecule has 0 amide bonds. The second-order valence-electron chi connectivity index (χ2n) is 3.75. The van der Waals surface area contributed by atoms with Crippen molar-refractivity contribution in [3.8, 4) is 0 Å². The van der Waals surface area contributed by atoms with Crippen LogP contribution in [0, 0.1) is 13.8 Å². The molecule has 1 aromatic rings. The van der Waals surface area contributed by atoms with Crippen LogP contribution in [0.5, 0.6) is 0 Å². The van der Waals surface area contributed by atoms with Crippen molar-refractivity contribution < 1.29 is 13.2 Å². The van der Waals surface area contributed by atoms with Gasteiger partial charge in [-0.2, -0.15) is 0 Å². The van der Waals surface area contributed by atoms with E-state index in [-0.39, 0.29) is 17.9 Å². The number of nitrogens with one attached hydrogen (secondary N) is 1. The summed E-state index contributed by atoms with van der Waals surface area (Å²) in [4.78, 5) is 10.7. The molecule has 4 nitrogen and oxygen atoms in total. The number of halogens is 1. The Morgan fingerprint density at radius 3 is 2.47 bits per heavy atom. The van der Waals surface area contributed by atoms with Gasteiger partial charge >= 0.3 is 0 Å². The quantitative estimate of drug-likeness (QED) is 0.833. The number of benzene rings is 1. The van der Waals surface area contributed by atoms with Gasteiger partial charge in [0.15, 0.2) is 0 Å². The van der Waals surface area contributed by atoms with Crippen LogP contribution in [0.4, 0.5) is 0 Å². The van der Waals surface area contributed by atoms with Crippen molar-refractivity contribution in [3.05, 3.63) is 29.3 Å². The SMILES string of the molecule is Cc1ccc(S(=O)(=O)NCCC(=O)Cl)cc1C. The van der Waals surface area contributed by atoms with Crippen molar-refractivity contribution in [1.29, 1.82) is 0 Å². The first-order chi connectivity index (χ1) is 7.83. The zero-order chi connectivity index (χ0) is 13.1. The van der Waals surface area contributed by atoms with Crippen LogP contribution in [0.1, 0.15) is 17.5 Å². The van der Waals surface area contributed by atoms with Crippen molar-refractivity contribution >= 4 is 26.9 Å². The summed E-state index contributed by atoms with van der Waals surface area (Å²) in [6.07, 6.45) is -0.0222. The third kappa shape index (κ3) is 4.11. The monoisotopic (exact) mass is 275 g/mol. The molecule has 0 atom stereocenters. The minimum absolute atomic E-state index is 0.0115. The predicted octanol–water partition coefficient (Wildman–Crippen LogP) is 1.74. The molecule has 0 spiro atoms. The van der Waals surface area contributed by atoms with Gasteiger partial charge in [-0.05, 0) is 48.7 Å². The van der Waals surface area contributed by atoms with E-state index in [4.69, 9.17) is 11.6 Å². The number of hydrogen-bond donors (Lipinski definition) is 1. The van der Waals surface area contributed by atoms with E-state index in [9.17, 15) is 13.2 Å². The molecular formula is C11H14ClNO3S. The van der Waals surface area contributed by atoms with Gasteiger partial charge in [-0.3, -0.25) is 4.79 Å². The van der Waals surface area contributed by atoms with Crippen LogP contribution in [-0.2, 0) is 14.8 Å². The smallest absolute Gasteiger partial charge is 0.240 e. The number of rotatable bonds is 5. The van der Waals surface area contributed by atoms with Crippen molar-refractivity contribution in [3.63, 3.8) is 0 Å². The van der Waals surface area contributed by atoms with Gasteiger partial charge in [0.2, 0.25) is 15.3 Å². The highest BCUT2D eigenvalue weighted by molar-refractivity contribution is 7.89. The van der Waals surface area contributed by atoms with Crippen LogP contribution in [0.3, 0.4) is 0 Å². The molecule has 0 heterocycles. The Labute approximate surface area is 106 Å². The highest BCUT2D eigenvalue weighted by atomic mass is 35.5. The molecule has 0 aromatic heterocycles. The maximum absolute atomic E-state index is 11.8. The van der Waals surface area contributed by atoms with Crippen LogP contribution in [0.25, 0.3) is 0 Å². The zero-order valence-corrected chi connectivity index (χ0v) is 11.2. The highest BCUT2D eigenvalue weighted by Crippen LogP contribution is 2.14. The lowest BCUT2D eigenvalue weighted by Gasteiger charge is -2.07. The van der Waals surface area contributed by atoms with E-state index in [2.05, 4.69) is 4.72 Å². The maximum Gasteiger partial charge on any atom is 0.240 e. The van der Waals surface area contributed by atoms with Crippen LogP contribution in [0.2, 0.25) is 0 Å². The molecule has 0 aliphatic carbocycles.